The van der Waals surface area contributed by atoms with Crippen LogP contribution in [0.25, 0.3) is 11.1 Å². The zero-order chi connectivity index (χ0) is 21.3. The molecule has 0 saturated carbocycles. The highest BCUT2D eigenvalue weighted by Gasteiger charge is 2.31. The third kappa shape index (κ3) is 4.29. The van der Waals surface area contributed by atoms with E-state index in [9.17, 15) is 18.0 Å². The Morgan fingerprint density at radius 1 is 1.17 bits per heavy atom. The number of ether oxygens (including phenoxy) is 2. The van der Waals surface area contributed by atoms with Crippen LogP contribution in [0.3, 0.4) is 0 Å². The van der Waals surface area contributed by atoms with Gasteiger partial charge < -0.3 is 24.6 Å². The number of fused-ring (bicyclic) bond motifs is 1. The minimum atomic E-state index is -4.74. The summed E-state index contributed by atoms with van der Waals surface area (Å²) in [6.07, 6.45) is -1.01. The standard InChI is InChI=1S/C21H20F3N3O3/c1-26-9-8-25-19(26)13-27-10-11-29-18-7-4-15(12-17(18)20(27)28)14-2-5-16(6-3-14)30-21(22,23)24/h2-9,12,19,25H,10-11,13H2,1H3. The molecule has 30 heavy (non-hydrogen) atoms. The maximum Gasteiger partial charge on any atom is 0.573 e. The lowest BCUT2D eigenvalue weighted by Crippen LogP contribution is -2.46. The molecule has 0 saturated heterocycles. The van der Waals surface area contributed by atoms with Crippen LogP contribution in [0.2, 0.25) is 0 Å². The van der Waals surface area contributed by atoms with Crippen molar-refractivity contribution in [2.45, 2.75) is 12.5 Å². The van der Waals surface area contributed by atoms with Crippen molar-refractivity contribution in [3.63, 3.8) is 0 Å². The van der Waals surface area contributed by atoms with Crippen molar-refractivity contribution in [3.05, 3.63) is 60.4 Å². The molecule has 0 aromatic heterocycles. The summed E-state index contributed by atoms with van der Waals surface area (Å²) in [5.41, 5.74) is 1.79. The van der Waals surface area contributed by atoms with Gasteiger partial charge in [-0.25, -0.2) is 0 Å². The van der Waals surface area contributed by atoms with Gasteiger partial charge in [-0.3, -0.25) is 4.79 Å². The third-order valence-corrected chi connectivity index (χ3v) is 5.02. The van der Waals surface area contributed by atoms with E-state index in [0.717, 1.165) is 0 Å². The van der Waals surface area contributed by atoms with Crippen molar-refractivity contribution < 1.29 is 27.4 Å². The first-order valence-electron chi connectivity index (χ1n) is 9.37. The lowest BCUT2D eigenvalue weighted by Gasteiger charge is -2.28. The van der Waals surface area contributed by atoms with E-state index in [2.05, 4.69) is 10.1 Å². The summed E-state index contributed by atoms with van der Waals surface area (Å²) in [6, 6.07) is 10.7. The van der Waals surface area contributed by atoms with Gasteiger partial charge in [-0.05, 0) is 35.4 Å². The first kappa shape index (κ1) is 19.9. The Morgan fingerprint density at radius 2 is 1.90 bits per heavy atom. The van der Waals surface area contributed by atoms with E-state index in [0.29, 0.717) is 42.1 Å². The maximum absolute atomic E-state index is 13.2. The minimum Gasteiger partial charge on any atom is -0.491 e. The molecule has 1 N–H and O–H groups in total. The molecular weight excluding hydrogens is 399 g/mol. The first-order chi connectivity index (χ1) is 14.3. The van der Waals surface area contributed by atoms with Crippen LogP contribution in [0.4, 0.5) is 13.2 Å². The monoisotopic (exact) mass is 419 g/mol. The van der Waals surface area contributed by atoms with Gasteiger partial charge in [0.2, 0.25) is 0 Å². The van der Waals surface area contributed by atoms with Crippen LogP contribution >= 0.6 is 0 Å². The smallest absolute Gasteiger partial charge is 0.491 e. The largest absolute Gasteiger partial charge is 0.573 e. The number of amides is 1. The summed E-state index contributed by atoms with van der Waals surface area (Å²) in [5.74, 6) is 0.0472. The summed E-state index contributed by atoms with van der Waals surface area (Å²) >= 11 is 0. The minimum absolute atomic E-state index is 0.0140. The second-order valence-corrected chi connectivity index (χ2v) is 7.05. The lowest BCUT2D eigenvalue weighted by molar-refractivity contribution is -0.274. The molecule has 0 bridgehead atoms. The summed E-state index contributed by atoms with van der Waals surface area (Å²) in [5, 5.41) is 3.20. The number of hydrogen-bond donors (Lipinski definition) is 1. The molecule has 2 aromatic carbocycles. The fourth-order valence-electron chi connectivity index (χ4n) is 3.45. The number of carbonyl (C=O) groups is 1. The molecule has 1 unspecified atom stereocenters. The molecule has 2 aliphatic rings. The molecule has 6 nitrogen and oxygen atoms in total. The molecule has 0 radical (unpaired) electrons. The number of likely N-dealkylation sites (N-methyl/N-ethyl adjacent to an activating group) is 1. The Balaban J connectivity index is 1.56. The molecule has 1 amide bonds. The van der Waals surface area contributed by atoms with Gasteiger partial charge in [0.25, 0.3) is 5.91 Å². The highest BCUT2D eigenvalue weighted by molar-refractivity contribution is 5.98. The van der Waals surface area contributed by atoms with Crippen LogP contribution in [0.1, 0.15) is 10.4 Å². The molecule has 4 rings (SSSR count). The van der Waals surface area contributed by atoms with Crippen LogP contribution in [-0.2, 0) is 0 Å². The Hall–Kier alpha value is -3.36. The molecule has 2 heterocycles. The second-order valence-electron chi connectivity index (χ2n) is 7.05. The van der Waals surface area contributed by atoms with Gasteiger partial charge in [0.15, 0.2) is 0 Å². The summed E-state index contributed by atoms with van der Waals surface area (Å²) in [7, 11) is 1.93. The Morgan fingerprint density at radius 3 is 2.57 bits per heavy atom. The van der Waals surface area contributed by atoms with Crippen LogP contribution < -0.4 is 14.8 Å². The fourth-order valence-corrected chi connectivity index (χ4v) is 3.45. The average Bonchev–Trinajstić information content (AvgIpc) is 3.03. The molecule has 1 atom stereocenters. The van der Waals surface area contributed by atoms with Crippen molar-refractivity contribution in [1.82, 2.24) is 15.1 Å². The van der Waals surface area contributed by atoms with E-state index in [4.69, 9.17) is 4.74 Å². The molecule has 2 aliphatic heterocycles. The number of benzene rings is 2. The Labute approximate surface area is 171 Å². The molecule has 2 aromatic rings. The molecule has 158 valence electrons. The Kier molecular flexibility index (Phi) is 5.19. The quantitative estimate of drug-likeness (QED) is 0.823. The van der Waals surface area contributed by atoms with Crippen LogP contribution in [0.5, 0.6) is 11.5 Å². The topological polar surface area (TPSA) is 54.0 Å². The number of halogens is 3. The van der Waals surface area contributed by atoms with Gasteiger partial charge in [0.1, 0.15) is 24.3 Å². The fraction of sp³-hybridized carbons (Fsp3) is 0.286. The zero-order valence-corrected chi connectivity index (χ0v) is 16.1. The van der Waals surface area contributed by atoms with Crippen molar-refractivity contribution in [2.75, 3.05) is 26.7 Å². The molecular formula is C21H20F3N3O3. The van der Waals surface area contributed by atoms with Gasteiger partial charge >= 0.3 is 6.36 Å². The van der Waals surface area contributed by atoms with Gasteiger partial charge in [0, 0.05) is 19.4 Å². The normalized spacial score (nSPS) is 18.5. The summed E-state index contributed by atoms with van der Waals surface area (Å²) < 4.78 is 46.7. The lowest BCUT2D eigenvalue weighted by atomic mass is 10.0. The summed E-state index contributed by atoms with van der Waals surface area (Å²) in [6.45, 7) is 1.32. The van der Waals surface area contributed by atoms with E-state index in [1.807, 2.05) is 24.3 Å². The molecule has 0 spiro atoms. The number of carbonyl (C=O) groups excluding carboxylic acids is 1. The number of nitrogens with one attached hydrogen (secondary N) is 1. The van der Waals surface area contributed by atoms with Crippen LogP contribution in [0, 0.1) is 0 Å². The second kappa shape index (κ2) is 7.81. The average molecular weight is 419 g/mol. The predicted molar refractivity (Wildman–Crippen MR) is 104 cm³/mol. The van der Waals surface area contributed by atoms with E-state index in [1.165, 1.54) is 24.3 Å². The number of hydrogen-bond acceptors (Lipinski definition) is 5. The maximum atomic E-state index is 13.2. The van der Waals surface area contributed by atoms with Crippen LogP contribution in [-0.4, -0.2) is 55.0 Å². The zero-order valence-electron chi connectivity index (χ0n) is 16.1. The van der Waals surface area contributed by atoms with Gasteiger partial charge in [0.05, 0.1) is 18.7 Å². The molecule has 0 fully saturated rings. The van der Waals surface area contributed by atoms with E-state index in [-0.39, 0.29) is 17.8 Å². The van der Waals surface area contributed by atoms with E-state index < -0.39 is 6.36 Å². The molecule has 9 heteroatoms. The number of rotatable bonds is 4. The van der Waals surface area contributed by atoms with E-state index >= 15 is 0 Å². The first-order valence-corrected chi connectivity index (χ1v) is 9.37. The highest BCUT2D eigenvalue weighted by Crippen LogP contribution is 2.31. The SMILES string of the molecule is CN1C=CNC1CN1CCOc2ccc(-c3ccc(OC(F)(F)F)cc3)cc2C1=O. The van der Waals surface area contributed by atoms with E-state index in [1.54, 1.807) is 23.1 Å². The van der Waals surface area contributed by atoms with Gasteiger partial charge in [-0.15, -0.1) is 13.2 Å². The Bertz CT molecular complexity index is 960. The van der Waals surface area contributed by atoms with Crippen molar-refractivity contribution in [1.29, 1.82) is 0 Å². The summed E-state index contributed by atoms with van der Waals surface area (Å²) in [4.78, 5) is 16.9. The van der Waals surface area contributed by atoms with Gasteiger partial charge in [-0.1, -0.05) is 18.2 Å². The number of nitrogens with zero attached hydrogens (tertiary/aromatic N) is 2. The van der Waals surface area contributed by atoms with Crippen LogP contribution in [0.15, 0.2) is 54.9 Å². The molecule has 0 aliphatic carbocycles. The highest BCUT2D eigenvalue weighted by atomic mass is 19.4. The third-order valence-electron chi connectivity index (χ3n) is 5.02. The predicted octanol–water partition coefficient (Wildman–Crippen LogP) is 3.42. The van der Waals surface area contributed by atoms with Gasteiger partial charge in [-0.2, -0.15) is 0 Å². The van der Waals surface area contributed by atoms with Crippen molar-refractivity contribution >= 4 is 5.91 Å². The number of alkyl halides is 3. The van der Waals surface area contributed by atoms with Crippen molar-refractivity contribution in [3.8, 4) is 22.6 Å². The van der Waals surface area contributed by atoms with Crippen molar-refractivity contribution in [2.24, 2.45) is 0 Å².